The number of carbonyl (C=O) groups excluding carboxylic acids is 1. The van der Waals surface area contributed by atoms with Gasteiger partial charge in [0.2, 0.25) is 22.7 Å². The lowest BCUT2D eigenvalue weighted by Crippen LogP contribution is -2.33. The van der Waals surface area contributed by atoms with Gasteiger partial charge in [-0.05, 0) is 36.8 Å². The van der Waals surface area contributed by atoms with Crippen molar-refractivity contribution in [3.63, 3.8) is 0 Å². The lowest BCUT2D eigenvalue weighted by Gasteiger charge is -2.12. The fourth-order valence-corrected chi connectivity index (χ4v) is 3.59. The van der Waals surface area contributed by atoms with Crippen LogP contribution in [0, 0.1) is 0 Å². The van der Waals surface area contributed by atoms with Gasteiger partial charge in [0.15, 0.2) is 11.5 Å². The Labute approximate surface area is 157 Å². The second-order valence-electron chi connectivity index (χ2n) is 5.75. The Morgan fingerprint density at radius 1 is 1.15 bits per heavy atom. The number of carbonyl (C=O) groups is 1. The average Bonchev–Trinajstić information content (AvgIpc) is 3.09. The van der Waals surface area contributed by atoms with E-state index in [1.54, 1.807) is 42.5 Å². The van der Waals surface area contributed by atoms with Gasteiger partial charge in [-0.3, -0.25) is 4.79 Å². The van der Waals surface area contributed by atoms with E-state index in [0.717, 1.165) is 0 Å². The highest BCUT2D eigenvalue weighted by Gasteiger charge is 2.18. The third-order valence-electron chi connectivity index (χ3n) is 3.71. The van der Waals surface area contributed by atoms with E-state index in [9.17, 15) is 13.2 Å². The van der Waals surface area contributed by atoms with Gasteiger partial charge >= 0.3 is 0 Å². The number of benzene rings is 2. The summed E-state index contributed by atoms with van der Waals surface area (Å²) in [7, 11) is -3.70. The molecule has 0 saturated heterocycles. The Morgan fingerprint density at radius 3 is 2.74 bits per heavy atom. The molecule has 0 radical (unpaired) electrons. The molecular weight excluding hydrogens is 372 g/mol. The van der Waals surface area contributed by atoms with E-state index in [2.05, 4.69) is 10.0 Å². The first kappa shape index (κ1) is 19.0. The number of fused-ring (bicyclic) bond motifs is 1. The summed E-state index contributed by atoms with van der Waals surface area (Å²) in [5.41, 5.74) is 1.02. The van der Waals surface area contributed by atoms with Crippen molar-refractivity contribution in [2.75, 3.05) is 25.3 Å². The molecule has 0 spiro atoms. The molecule has 2 aromatic carbocycles. The fraction of sp³-hybridized carbons (Fsp3) is 0.278. The van der Waals surface area contributed by atoms with Crippen LogP contribution in [0.4, 0.5) is 5.69 Å². The quantitative estimate of drug-likeness (QED) is 0.711. The first-order valence-corrected chi connectivity index (χ1v) is 9.99. The molecule has 8 nitrogen and oxygen atoms in total. The van der Waals surface area contributed by atoms with Crippen LogP contribution < -0.4 is 24.2 Å². The standard InChI is InChI=1S/C18H20N2O6S/c1-2-24-15-6-4-3-5-14(15)20-18(21)10-19-27(22,23)11-13-7-8-16-17(9-13)26-12-25-16/h3-9,19H,2,10-12H2,1H3,(H,20,21). The highest BCUT2D eigenvalue weighted by Crippen LogP contribution is 2.32. The first-order chi connectivity index (χ1) is 13.0. The zero-order valence-electron chi connectivity index (χ0n) is 14.7. The molecule has 1 heterocycles. The molecule has 0 saturated carbocycles. The third kappa shape index (κ3) is 5.11. The molecule has 0 bridgehead atoms. The van der Waals surface area contributed by atoms with Crippen LogP contribution in [0.15, 0.2) is 42.5 Å². The van der Waals surface area contributed by atoms with Gasteiger partial charge in [0.25, 0.3) is 0 Å². The maximum absolute atomic E-state index is 12.2. The van der Waals surface area contributed by atoms with E-state index >= 15 is 0 Å². The average molecular weight is 392 g/mol. The smallest absolute Gasteiger partial charge is 0.239 e. The van der Waals surface area contributed by atoms with Crippen molar-refractivity contribution in [1.82, 2.24) is 4.72 Å². The molecule has 27 heavy (non-hydrogen) atoms. The number of hydrogen-bond acceptors (Lipinski definition) is 6. The molecule has 2 aromatic rings. The topological polar surface area (TPSA) is 103 Å². The number of amides is 1. The zero-order valence-corrected chi connectivity index (χ0v) is 15.5. The van der Waals surface area contributed by atoms with Crippen LogP contribution in [-0.2, 0) is 20.6 Å². The summed E-state index contributed by atoms with van der Waals surface area (Å²) < 4.78 is 42.6. The SMILES string of the molecule is CCOc1ccccc1NC(=O)CNS(=O)(=O)Cc1ccc2c(c1)OCO2. The highest BCUT2D eigenvalue weighted by atomic mass is 32.2. The number of sulfonamides is 1. The summed E-state index contributed by atoms with van der Waals surface area (Å²) in [5, 5.41) is 2.64. The molecule has 0 aromatic heterocycles. The Kier molecular flexibility index (Phi) is 5.82. The van der Waals surface area contributed by atoms with Gasteiger partial charge < -0.3 is 19.5 Å². The normalized spacial score (nSPS) is 12.6. The van der Waals surface area contributed by atoms with E-state index in [0.29, 0.717) is 35.1 Å². The van der Waals surface area contributed by atoms with Gasteiger partial charge in [-0.2, -0.15) is 0 Å². The molecule has 0 unspecified atom stereocenters. The molecule has 2 N–H and O–H groups in total. The molecule has 1 aliphatic heterocycles. The molecule has 3 rings (SSSR count). The minimum Gasteiger partial charge on any atom is -0.492 e. The van der Waals surface area contributed by atoms with Gasteiger partial charge in [-0.15, -0.1) is 0 Å². The van der Waals surface area contributed by atoms with Crippen LogP contribution in [0.2, 0.25) is 0 Å². The van der Waals surface area contributed by atoms with Crippen LogP contribution in [0.3, 0.4) is 0 Å². The summed E-state index contributed by atoms with van der Waals surface area (Å²) >= 11 is 0. The van der Waals surface area contributed by atoms with Gasteiger partial charge in [0, 0.05) is 0 Å². The largest absolute Gasteiger partial charge is 0.492 e. The Morgan fingerprint density at radius 2 is 1.93 bits per heavy atom. The molecule has 0 fully saturated rings. The number of hydrogen-bond donors (Lipinski definition) is 2. The maximum atomic E-state index is 12.2. The Balaban J connectivity index is 1.56. The minimum absolute atomic E-state index is 0.118. The van der Waals surface area contributed by atoms with Gasteiger partial charge in [-0.1, -0.05) is 18.2 Å². The van der Waals surface area contributed by atoms with E-state index in [-0.39, 0.29) is 19.1 Å². The molecule has 9 heteroatoms. The maximum Gasteiger partial charge on any atom is 0.239 e. The number of nitrogens with one attached hydrogen (secondary N) is 2. The van der Waals surface area contributed by atoms with Crippen LogP contribution in [0.25, 0.3) is 0 Å². The molecule has 144 valence electrons. The fourth-order valence-electron chi connectivity index (χ4n) is 2.52. The predicted octanol–water partition coefficient (Wildman–Crippen LogP) is 1.87. The van der Waals surface area contributed by atoms with Gasteiger partial charge in [0.05, 0.1) is 24.6 Å². The molecule has 1 amide bonds. The highest BCUT2D eigenvalue weighted by molar-refractivity contribution is 7.88. The minimum atomic E-state index is -3.70. The van der Waals surface area contributed by atoms with Crippen molar-refractivity contribution in [2.45, 2.75) is 12.7 Å². The van der Waals surface area contributed by atoms with Crippen LogP contribution in [0.1, 0.15) is 12.5 Å². The Hall–Kier alpha value is -2.78. The van der Waals surface area contributed by atoms with Crippen molar-refractivity contribution < 1.29 is 27.4 Å². The van der Waals surface area contributed by atoms with E-state index in [4.69, 9.17) is 14.2 Å². The van der Waals surface area contributed by atoms with Crippen molar-refractivity contribution in [1.29, 1.82) is 0 Å². The summed E-state index contributed by atoms with van der Waals surface area (Å²) in [6, 6.07) is 11.9. The van der Waals surface area contributed by atoms with Crippen LogP contribution in [-0.4, -0.2) is 34.3 Å². The van der Waals surface area contributed by atoms with Gasteiger partial charge in [-0.25, -0.2) is 13.1 Å². The monoisotopic (exact) mass is 392 g/mol. The summed E-state index contributed by atoms with van der Waals surface area (Å²) in [5.74, 6) is 0.851. The number of anilines is 1. The summed E-state index contributed by atoms with van der Waals surface area (Å²) in [6.45, 7) is 2.03. The van der Waals surface area contributed by atoms with E-state index < -0.39 is 15.9 Å². The van der Waals surface area contributed by atoms with Crippen molar-refractivity contribution >= 4 is 21.6 Å². The lowest BCUT2D eigenvalue weighted by molar-refractivity contribution is -0.115. The molecule has 0 aliphatic carbocycles. The zero-order chi connectivity index (χ0) is 19.3. The first-order valence-electron chi connectivity index (χ1n) is 8.34. The van der Waals surface area contributed by atoms with Crippen LogP contribution >= 0.6 is 0 Å². The van der Waals surface area contributed by atoms with Crippen molar-refractivity contribution in [2.24, 2.45) is 0 Å². The number of rotatable bonds is 8. The third-order valence-corrected chi connectivity index (χ3v) is 5.00. The van der Waals surface area contributed by atoms with Crippen molar-refractivity contribution in [3.05, 3.63) is 48.0 Å². The van der Waals surface area contributed by atoms with E-state index in [1.165, 1.54) is 0 Å². The predicted molar refractivity (Wildman–Crippen MR) is 99.4 cm³/mol. The molecule has 0 atom stereocenters. The summed E-state index contributed by atoms with van der Waals surface area (Å²) in [4.78, 5) is 12.1. The van der Waals surface area contributed by atoms with E-state index in [1.807, 2.05) is 6.92 Å². The molecule has 1 aliphatic rings. The van der Waals surface area contributed by atoms with Gasteiger partial charge in [0.1, 0.15) is 5.75 Å². The second kappa shape index (κ2) is 8.28. The second-order valence-corrected chi connectivity index (χ2v) is 7.55. The Bertz CT molecular complexity index is 929. The number of para-hydroxylation sites is 2. The van der Waals surface area contributed by atoms with Crippen LogP contribution in [0.5, 0.6) is 17.2 Å². The molecular formula is C18H20N2O6S. The summed E-state index contributed by atoms with van der Waals surface area (Å²) in [6.07, 6.45) is 0. The number of ether oxygens (including phenoxy) is 3. The lowest BCUT2D eigenvalue weighted by atomic mass is 10.2. The van der Waals surface area contributed by atoms with Crippen molar-refractivity contribution in [3.8, 4) is 17.2 Å².